The zero-order chi connectivity index (χ0) is 24.7. The van der Waals surface area contributed by atoms with Crippen LogP contribution < -0.4 is 21.5 Å². The van der Waals surface area contributed by atoms with Crippen molar-refractivity contribution >= 4 is 40.8 Å². The maximum atomic E-state index is 14.0. The highest BCUT2D eigenvalue weighted by Crippen LogP contribution is 2.53. The zero-order valence-electron chi connectivity index (χ0n) is 18.1. The number of aromatic amines is 1. The van der Waals surface area contributed by atoms with E-state index < -0.39 is 16.9 Å². The number of nitrogens with one attached hydrogen (secondary N) is 2. The number of carbonyl (C=O) groups excluding carboxylic acids is 1. The van der Waals surface area contributed by atoms with Crippen LogP contribution in [0.15, 0.2) is 69.9 Å². The molecule has 4 N–H and O–H groups in total. The van der Waals surface area contributed by atoms with Crippen molar-refractivity contribution in [3.05, 3.63) is 92.0 Å². The quantitative estimate of drug-likeness (QED) is 0.285. The third-order valence-corrected chi connectivity index (χ3v) is 7.31. The maximum Gasteiger partial charge on any atom is 0.258 e. The van der Waals surface area contributed by atoms with E-state index in [4.69, 9.17) is 23.8 Å². The number of benzene rings is 2. The number of fused-ring (bicyclic) bond motifs is 4. The average molecular weight is 501 g/mol. The van der Waals surface area contributed by atoms with Gasteiger partial charge in [-0.05, 0) is 17.7 Å². The molecular formula is C25H17ClN6O2S. The van der Waals surface area contributed by atoms with E-state index >= 15 is 0 Å². The van der Waals surface area contributed by atoms with Gasteiger partial charge in [-0.25, -0.2) is 4.98 Å². The molecule has 0 saturated carbocycles. The van der Waals surface area contributed by atoms with E-state index in [1.807, 2.05) is 24.3 Å². The molecule has 35 heavy (non-hydrogen) atoms. The Morgan fingerprint density at radius 3 is 2.69 bits per heavy atom. The van der Waals surface area contributed by atoms with E-state index in [0.717, 1.165) is 5.56 Å². The zero-order valence-corrected chi connectivity index (χ0v) is 19.7. The molecule has 0 radical (unpaired) electrons. The number of anilines is 2. The summed E-state index contributed by atoms with van der Waals surface area (Å²) in [6, 6.07) is 16.3. The van der Waals surface area contributed by atoms with Crippen molar-refractivity contribution in [2.24, 2.45) is 5.73 Å². The molecule has 1 aromatic heterocycles. The number of hydrogen-bond acceptors (Lipinski definition) is 7. The Morgan fingerprint density at radius 1 is 1.20 bits per heavy atom. The highest BCUT2D eigenvalue weighted by atomic mass is 35.5. The molecule has 1 amide bonds. The van der Waals surface area contributed by atoms with Crippen LogP contribution in [-0.2, 0) is 16.0 Å². The molecular weight excluding hydrogens is 484 g/mol. The first-order chi connectivity index (χ1) is 16.9. The highest BCUT2D eigenvalue weighted by molar-refractivity contribution is 7.98. The third-order valence-electron chi connectivity index (χ3n) is 6.02. The molecule has 1 atom stereocenters. The van der Waals surface area contributed by atoms with Gasteiger partial charge in [0.2, 0.25) is 5.91 Å². The van der Waals surface area contributed by atoms with Gasteiger partial charge in [0, 0.05) is 22.0 Å². The van der Waals surface area contributed by atoms with E-state index in [-0.39, 0.29) is 29.3 Å². The largest absolute Gasteiger partial charge is 0.384 e. The second-order valence-electron chi connectivity index (χ2n) is 7.86. The van der Waals surface area contributed by atoms with E-state index in [1.165, 1.54) is 16.7 Å². The molecule has 8 nitrogen and oxygen atoms in total. The van der Waals surface area contributed by atoms with Crippen molar-refractivity contribution < 1.29 is 4.79 Å². The van der Waals surface area contributed by atoms with E-state index in [9.17, 15) is 14.9 Å². The first kappa shape index (κ1) is 22.6. The minimum absolute atomic E-state index is 0.00214. The topological polar surface area (TPSA) is 128 Å². The normalized spacial score (nSPS) is 18.0. The molecule has 2 aromatic carbocycles. The van der Waals surface area contributed by atoms with Crippen LogP contribution in [0.2, 0.25) is 5.02 Å². The Labute approximate surface area is 209 Å². The summed E-state index contributed by atoms with van der Waals surface area (Å²) in [6.45, 7) is -0.0317. The molecule has 1 spiro atoms. The molecule has 0 aliphatic carbocycles. The summed E-state index contributed by atoms with van der Waals surface area (Å²) in [5.41, 5.74) is 5.68. The Balaban J connectivity index is 1.69. The van der Waals surface area contributed by atoms with Crippen LogP contribution >= 0.6 is 23.4 Å². The summed E-state index contributed by atoms with van der Waals surface area (Å²) in [6.07, 6.45) is 5.53. The minimum Gasteiger partial charge on any atom is -0.384 e. The summed E-state index contributed by atoms with van der Waals surface area (Å²) in [5, 5.41) is 13.8. The summed E-state index contributed by atoms with van der Waals surface area (Å²) in [4.78, 5) is 36.2. The predicted octanol–water partition coefficient (Wildman–Crippen LogP) is 3.10. The number of nitrogens with zero attached hydrogens (tertiary/aromatic N) is 3. The summed E-state index contributed by atoms with van der Waals surface area (Å²) in [7, 11) is 0. The number of aromatic nitrogens is 2. The molecule has 172 valence electrons. The van der Waals surface area contributed by atoms with Gasteiger partial charge in [-0.15, -0.1) is 6.42 Å². The molecule has 3 aromatic rings. The Bertz CT molecular complexity index is 1570. The minimum atomic E-state index is -1.76. The molecule has 5 rings (SSSR count). The molecule has 1 unspecified atom stereocenters. The fourth-order valence-electron chi connectivity index (χ4n) is 4.57. The fraction of sp³-hybridized carbons (Fsp3) is 0.120. The van der Waals surface area contributed by atoms with Crippen molar-refractivity contribution in [1.82, 2.24) is 9.97 Å². The van der Waals surface area contributed by atoms with Gasteiger partial charge in [-0.3, -0.25) is 14.5 Å². The van der Waals surface area contributed by atoms with Crippen LogP contribution in [0.3, 0.4) is 0 Å². The lowest BCUT2D eigenvalue weighted by Crippen LogP contribution is -2.49. The number of amides is 1. The van der Waals surface area contributed by atoms with Gasteiger partial charge >= 0.3 is 0 Å². The summed E-state index contributed by atoms with van der Waals surface area (Å²) in [5.74, 6) is 2.47. The van der Waals surface area contributed by atoms with Crippen LogP contribution in [0.4, 0.5) is 11.5 Å². The number of nitriles is 1. The number of para-hydroxylation sites is 1. The third kappa shape index (κ3) is 3.28. The van der Waals surface area contributed by atoms with Crippen molar-refractivity contribution in [3.8, 4) is 18.4 Å². The van der Waals surface area contributed by atoms with Crippen molar-refractivity contribution in [2.45, 2.75) is 16.3 Å². The molecule has 10 heteroatoms. The van der Waals surface area contributed by atoms with Gasteiger partial charge in [0.05, 0.1) is 17.7 Å². The van der Waals surface area contributed by atoms with Gasteiger partial charge in [0.15, 0.2) is 5.16 Å². The number of nitrogens with two attached hydrogens (primary N) is 1. The first-order valence-corrected chi connectivity index (χ1v) is 11.8. The van der Waals surface area contributed by atoms with Crippen LogP contribution in [-0.4, -0.2) is 22.4 Å². The molecule has 0 bridgehead atoms. The Hall–Kier alpha value is -4.18. The van der Waals surface area contributed by atoms with Gasteiger partial charge in [-0.1, -0.05) is 65.7 Å². The van der Waals surface area contributed by atoms with Crippen LogP contribution in [0.25, 0.3) is 0 Å². The molecule has 0 fully saturated rings. The first-order valence-electron chi connectivity index (χ1n) is 10.5. The number of thioether (sulfide) groups is 1. The second kappa shape index (κ2) is 8.55. The number of hydrogen-bond donors (Lipinski definition) is 3. The fourth-order valence-corrected chi connectivity index (χ4v) is 5.71. The smallest absolute Gasteiger partial charge is 0.258 e. The number of H-pyrrole nitrogens is 1. The lowest BCUT2D eigenvalue weighted by atomic mass is 9.69. The van der Waals surface area contributed by atoms with Gasteiger partial charge in [0.1, 0.15) is 23.1 Å². The van der Waals surface area contributed by atoms with Gasteiger partial charge in [0.25, 0.3) is 5.56 Å². The monoisotopic (exact) mass is 500 g/mol. The maximum absolute atomic E-state index is 14.0. The van der Waals surface area contributed by atoms with E-state index in [2.05, 4.69) is 21.2 Å². The SMILES string of the molecule is C#CCN1C(=O)C2(C(C#N)=C(N)Nc3nc(SCc4ccccc4Cl)[nH]c(=O)c32)c2ccccc21. The average Bonchev–Trinajstić information content (AvgIpc) is 3.07. The molecule has 3 heterocycles. The molecule has 2 aliphatic rings. The summed E-state index contributed by atoms with van der Waals surface area (Å²) < 4.78 is 0. The standard InChI is InChI=1S/C25H17ClN6O2S/c1-2-11-32-18-10-6-4-8-15(18)25(23(32)34)16(12-27)20(28)29-21-19(25)22(33)31-24(30-21)35-13-14-7-3-5-9-17(14)26/h1,3-10H,11,13,28H2,(H2,29,30,31,33). The highest BCUT2D eigenvalue weighted by Gasteiger charge is 2.60. The van der Waals surface area contributed by atoms with Crippen molar-refractivity contribution in [2.75, 3.05) is 16.8 Å². The van der Waals surface area contributed by atoms with Gasteiger partial charge in [-0.2, -0.15) is 5.26 Å². The van der Waals surface area contributed by atoms with Crippen LogP contribution in [0.5, 0.6) is 0 Å². The predicted molar refractivity (Wildman–Crippen MR) is 135 cm³/mol. The number of halogens is 1. The lowest BCUT2D eigenvalue weighted by Gasteiger charge is -2.33. The number of terminal acetylenes is 1. The van der Waals surface area contributed by atoms with Gasteiger partial charge < -0.3 is 16.0 Å². The second-order valence-corrected chi connectivity index (χ2v) is 9.23. The number of rotatable bonds is 4. The van der Waals surface area contributed by atoms with E-state index in [0.29, 0.717) is 27.2 Å². The van der Waals surface area contributed by atoms with Crippen molar-refractivity contribution in [1.29, 1.82) is 5.26 Å². The van der Waals surface area contributed by atoms with E-state index in [1.54, 1.807) is 30.3 Å². The molecule has 2 aliphatic heterocycles. The Kier molecular flexibility index (Phi) is 5.52. The lowest BCUT2D eigenvalue weighted by molar-refractivity contribution is -0.120. The van der Waals surface area contributed by atoms with Crippen LogP contribution in [0, 0.1) is 23.7 Å². The summed E-state index contributed by atoms with van der Waals surface area (Å²) >= 11 is 7.52. The number of carbonyl (C=O) groups is 1. The van der Waals surface area contributed by atoms with Crippen LogP contribution in [0.1, 0.15) is 16.7 Å². The molecule has 0 saturated heterocycles. The van der Waals surface area contributed by atoms with Crippen molar-refractivity contribution in [3.63, 3.8) is 0 Å². The Morgan fingerprint density at radius 2 is 1.94 bits per heavy atom.